The van der Waals surface area contributed by atoms with E-state index in [0.717, 1.165) is 17.9 Å². The van der Waals surface area contributed by atoms with Crippen molar-refractivity contribution in [1.82, 2.24) is 0 Å². The van der Waals surface area contributed by atoms with E-state index in [1.807, 2.05) is 11.8 Å². The van der Waals surface area contributed by atoms with Crippen LogP contribution in [0.15, 0.2) is 0 Å². The smallest absolute Gasteiger partial charge is 0.0507 e. The SMILES string of the molecule is NCC1(CO)CCSC1. The van der Waals surface area contributed by atoms with Crippen LogP contribution in [-0.4, -0.2) is 29.8 Å². The molecule has 0 bridgehead atoms. The molecule has 0 radical (unpaired) electrons. The fourth-order valence-electron chi connectivity index (χ4n) is 1.000. The summed E-state index contributed by atoms with van der Waals surface area (Å²) in [5.74, 6) is 2.21. The van der Waals surface area contributed by atoms with Crippen LogP contribution in [0.2, 0.25) is 0 Å². The normalized spacial score (nSPS) is 35.3. The summed E-state index contributed by atoms with van der Waals surface area (Å²) in [6.45, 7) is 0.896. The summed E-state index contributed by atoms with van der Waals surface area (Å²) in [7, 11) is 0. The third-order valence-electron chi connectivity index (χ3n) is 1.95. The van der Waals surface area contributed by atoms with Crippen LogP contribution in [0.5, 0.6) is 0 Å². The first-order valence-electron chi connectivity index (χ1n) is 3.22. The van der Waals surface area contributed by atoms with Crippen LogP contribution in [0.1, 0.15) is 6.42 Å². The topological polar surface area (TPSA) is 46.2 Å². The second-order valence-electron chi connectivity index (χ2n) is 2.66. The molecule has 1 saturated heterocycles. The molecule has 1 heterocycles. The largest absolute Gasteiger partial charge is 0.396 e. The molecular weight excluding hydrogens is 134 g/mol. The van der Waals surface area contributed by atoms with E-state index in [2.05, 4.69) is 0 Å². The fraction of sp³-hybridized carbons (Fsp3) is 1.00. The van der Waals surface area contributed by atoms with Crippen molar-refractivity contribution < 1.29 is 5.11 Å². The van der Waals surface area contributed by atoms with Crippen molar-refractivity contribution >= 4 is 11.8 Å². The maximum atomic E-state index is 8.92. The summed E-state index contributed by atoms with van der Waals surface area (Å²) in [5.41, 5.74) is 5.58. The third kappa shape index (κ3) is 1.39. The first-order chi connectivity index (χ1) is 4.33. The van der Waals surface area contributed by atoms with Crippen LogP contribution in [0.4, 0.5) is 0 Å². The van der Waals surface area contributed by atoms with Crippen molar-refractivity contribution in [3.05, 3.63) is 0 Å². The van der Waals surface area contributed by atoms with Crippen molar-refractivity contribution in [2.45, 2.75) is 6.42 Å². The van der Waals surface area contributed by atoms with Crippen LogP contribution < -0.4 is 5.73 Å². The van der Waals surface area contributed by atoms with Crippen molar-refractivity contribution in [2.75, 3.05) is 24.7 Å². The zero-order valence-corrected chi connectivity index (χ0v) is 6.28. The first kappa shape index (κ1) is 7.38. The molecule has 3 heteroatoms. The zero-order chi connectivity index (χ0) is 6.74. The van der Waals surface area contributed by atoms with E-state index in [-0.39, 0.29) is 12.0 Å². The Morgan fingerprint density at radius 1 is 1.67 bits per heavy atom. The molecule has 1 rings (SSSR count). The predicted octanol–water partition coefficient (Wildman–Crippen LogP) is 0.0607. The third-order valence-corrected chi connectivity index (χ3v) is 3.26. The number of hydrogen-bond acceptors (Lipinski definition) is 3. The van der Waals surface area contributed by atoms with Crippen molar-refractivity contribution in [1.29, 1.82) is 0 Å². The molecule has 2 nitrogen and oxygen atoms in total. The summed E-state index contributed by atoms with van der Waals surface area (Å²) < 4.78 is 0. The van der Waals surface area contributed by atoms with Gasteiger partial charge in [0, 0.05) is 17.7 Å². The Hall–Kier alpha value is 0.270. The van der Waals surface area contributed by atoms with Crippen LogP contribution in [0.3, 0.4) is 0 Å². The zero-order valence-electron chi connectivity index (χ0n) is 5.47. The average Bonchev–Trinajstić information content (AvgIpc) is 2.36. The summed E-state index contributed by atoms with van der Waals surface area (Å²) >= 11 is 1.89. The summed E-state index contributed by atoms with van der Waals surface area (Å²) in [5, 5.41) is 8.92. The second-order valence-corrected chi connectivity index (χ2v) is 3.77. The molecule has 1 unspecified atom stereocenters. The van der Waals surface area contributed by atoms with E-state index in [0.29, 0.717) is 6.54 Å². The Morgan fingerprint density at radius 2 is 2.44 bits per heavy atom. The Labute approximate surface area is 59.8 Å². The van der Waals surface area contributed by atoms with E-state index >= 15 is 0 Å². The van der Waals surface area contributed by atoms with Gasteiger partial charge < -0.3 is 10.8 Å². The van der Waals surface area contributed by atoms with Crippen molar-refractivity contribution in [2.24, 2.45) is 11.1 Å². The fourth-order valence-corrected chi connectivity index (χ4v) is 2.51. The molecule has 1 aliphatic heterocycles. The second kappa shape index (κ2) is 2.90. The molecule has 0 saturated carbocycles. The molecule has 1 atom stereocenters. The molecule has 54 valence electrons. The Kier molecular flexibility index (Phi) is 2.38. The minimum atomic E-state index is 0.0741. The monoisotopic (exact) mass is 147 g/mol. The quantitative estimate of drug-likeness (QED) is 0.580. The van der Waals surface area contributed by atoms with Gasteiger partial charge in [0.15, 0.2) is 0 Å². The lowest BCUT2D eigenvalue weighted by Gasteiger charge is -2.22. The molecule has 9 heavy (non-hydrogen) atoms. The number of nitrogens with two attached hydrogens (primary N) is 1. The lowest BCUT2D eigenvalue weighted by atomic mass is 9.89. The van der Waals surface area contributed by atoms with E-state index in [1.165, 1.54) is 0 Å². The molecule has 0 aromatic rings. The summed E-state index contributed by atoms with van der Waals surface area (Å²) in [6.07, 6.45) is 1.09. The Bertz CT molecular complexity index is 85.1. The van der Waals surface area contributed by atoms with Gasteiger partial charge in [-0.15, -0.1) is 0 Å². The molecule has 0 aromatic heterocycles. The minimum absolute atomic E-state index is 0.0741. The highest BCUT2D eigenvalue weighted by molar-refractivity contribution is 7.99. The van der Waals surface area contributed by atoms with Gasteiger partial charge in [0.2, 0.25) is 0 Å². The van der Waals surface area contributed by atoms with Crippen LogP contribution in [0.25, 0.3) is 0 Å². The molecule has 0 amide bonds. The van der Waals surface area contributed by atoms with Gasteiger partial charge in [-0.3, -0.25) is 0 Å². The number of thioether (sulfide) groups is 1. The maximum absolute atomic E-state index is 8.92. The Morgan fingerprint density at radius 3 is 2.67 bits per heavy atom. The molecule has 0 aromatic carbocycles. The van der Waals surface area contributed by atoms with Gasteiger partial charge in [-0.2, -0.15) is 11.8 Å². The highest BCUT2D eigenvalue weighted by atomic mass is 32.2. The van der Waals surface area contributed by atoms with Gasteiger partial charge in [0.25, 0.3) is 0 Å². The molecule has 1 aliphatic rings. The molecular formula is C6H13NOS. The number of aliphatic hydroxyl groups excluding tert-OH is 1. The average molecular weight is 147 g/mol. The molecule has 1 fully saturated rings. The number of rotatable bonds is 2. The van der Waals surface area contributed by atoms with E-state index in [1.54, 1.807) is 0 Å². The molecule has 0 aliphatic carbocycles. The van der Waals surface area contributed by atoms with Gasteiger partial charge in [-0.1, -0.05) is 0 Å². The van der Waals surface area contributed by atoms with Gasteiger partial charge >= 0.3 is 0 Å². The van der Waals surface area contributed by atoms with E-state index < -0.39 is 0 Å². The van der Waals surface area contributed by atoms with Gasteiger partial charge in [0.05, 0.1) is 6.61 Å². The standard InChI is InChI=1S/C6H13NOS/c7-3-6(4-8)1-2-9-5-6/h8H,1-5,7H2. The minimum Gasteiger partial charge on any atom is -0.396 e. The predicted molar refractivity (Wildman–Crippen MR) is 40.5 cm³/mol. The Balaban J connectivity index is 2.45. The number of aliphatic hydroxyl groups is 1. The lowest BCUT2D eigenvalue weighted by Crippen LogP contribution is -2.33. The van der Waals surface area contributed by atoms with Crippen molar-refractivity contribution in [3.8, 4) is 0 Å². The summed E-state index contributed by atoms with van der Waals surface area (Å²) in [6, 6.07) is 0. The van der Waals surface area contributed by atoms with Gasteiger partial charge in [-0.25, -0.2) is 0 Å². The highest BCUT2D eigenvalue weighted by Gasteiger charge is 2.31. The van der Waals surface area contributed by atoms with Crippen LogP contribution >= 0.6 is 11.8 Å². The number of hydrogen-bond donors (Lipinski definition) is 2. The maximum Gasteiger partial charge on any atom is 0.0507 e. The van der Waals surface area contributed by atoms with Crippen molar-refractivity contribution in [3.63, 3.8) is 0 Å². The van der Waals surface area contributed by atoms with Gasteiger partial charge in [-0.05, 0) is 12.2 Å². The molecule has 3 N–H and O–H groups in total. The molecule has 0 spiro atoms. The highest BCUT2D eigenvalue weighted by Crippen LogP contribution is 2.34. The first-order valence-corrected chi connectivity index (χ1v) is 4.37. The van der Waals surface area contributed by atoms with Gasteiger partial charge in [0.1, 0.15) is 0 Å². The lowest BCUT2D eigenvalue weighted by molar-refractivity contribution is 0.156. The van der Waals surface area contributed by atoms with Crippen LogP contribution in [0, 0.1) is 5.41 Å². The van der Waals surface area contributed by atoms with E-state index in [4.69, 9.17) is 10.8 Å². The summed E-state index contributed by atoms with van der Waals surface area (Å²) in [4.78, 5) is 0. The van der Waals surface area contributed by atoms with E-state index in [9.17, 15) is 0 Å². The van der Waals surface area contributed by atoms with Crippen LogP contribution in [-0.2, 0) is 0 Å².